The Labute approximate surface area is 186 Å². The van der Waals surface area contributed by atoms with E-state index >= 15 is 0 Å². The lowest BCUT2D eigenvalue weighted by atomic mass is 9.82. The summed E-state index contributed by atoms with van der Waals surface area (Å²) in [6, 6.07) is 15.0. The Bertz CT molecular complexity index is 1240. The zero-order chi connectivity index (χ0) is 22.5. The van der Waals surface area contributed by atoms with E-state index in [-0.39, 0.29) is 18.4 Å². The molecule has 1 N–H and O–H groups in total. The zero-order valence-corrected chi connectivity index (χ0v) is 18.5. The van der Waals surface area contributed by atoms with Gasteiger partial charge in [-0.15, -0.1) is 0 Å². The Morgan fingerprint density at radius 3 is 2.72 bits per heavy atom. The number of piperazine rings is 1. The highest BCUT2D eigenvalue weighted by atomic mass is 16.5. The SMILES string of the molecule is CCOc1ccccc1/C=N/N1CC(=O)N2[C@@H](Cc3c([nH]c4ccccc34)C2(C)C)C1=O. The molecule has 0 aliphatic carbocycles. The maximum Gasteiger partial charge on any atom is 0.266 e. The fourth-order valence-electron chi connectivity index (χ4n) is 4.97. The maximum atomic E-state index is 13.5. The van der Waals surface area contributed by atoms with E-state index in [1.807, 2.05) is 63.2 Å². The molecule has 0 bridgehead atoms. The molecular weight excluding hydrogens is 404 g/mol. The average molecular weight is 431 g/mol. The molecule has 0 unspecified atom stereocenters. The largest absolute Gasteiger partial charge is 0.493 e. The molecule has 3 aromatic rings. The minimum absolute atomic E-state index is 0.0817. The van der Waals surface area contributed by atoms with Crippen molar-refractivity contribution in [3.05, 3.63) is 65.4 Å². The second kappa shape index (κ2) is 7.51. The summed E-state index contributed by atoms with van der Waals surface area (Å²) in [6.07, 6.45) is 2.06. The van der Waals surface area contributed by atoms with Crippen LogP contribution < -0.4 is 4.74 Å². The van der Waals surface area contributed by atoms with Crippen molar-refractivity contribution in [2.75, 3.05) is 13.2 Å². The van der Waals surface area contributed by atoms with Crippen molar-refractivity contribution < 1.29 is 14.3 Å². The molecule has 1 aromatic heterocycles. The molecule has 2 aliphatic heterocycles. The van der Waals surface area contributed by atoms with E-state index in [9.17, 15) is 9.59 Å². The van der Waals surface area contributed by atoms with Gasteiger partial charge in [-0.3, -0.25) is 9.59 Å². The number of aromatic nitrogens is 1. The molecule has 1 atom stereocenters. The smallest absolute Gasteiger partial charge is 0.266 e. The normalized spacial score (nSPS) is 20.0. The van der Waals surface area contributed by atoms with Crippen molar-refractivity contribution in [3.8, 4) is 5.75 Å². The van der Waals surface area contributed by atoms with Gasteiger partial charge in [0.2, 0.25) is 5.91 Å². The third-order valence-corrected chi connectivity index (χ3v) is 6.39. The number of hydrogen-bond acceptors (Lipinski definition) is 4. The van der Waals surface area contributed by atoms with Crippen LogP contribution in [0, 0.1) is 0 Å². The summed E-state index contributed by atoms with van der Waals surface area (Å²) >= 11 is 0. The van der Waals surface area contributed by atoms with Crippen LogP contribution in [0.5, 0.6) is 5.75 Å². The lowest BCUT2D eigenvalue weighted by Gasteiger charge is -2.50. The van der Waals surface area contributed by atoms with Crippen molar-refractivity contribution >= 4 is 28.9 Å². The zero-order valence-electron chi connectivity index (χ0n) is 18.5. The molecule has 7 nitrogen and oxygen atoms in total. The van der Waals surface area contributed by atoms with E-state index in [1.165, 1.54) is 5.01 Å². The number of fused-ring (bicyclic) bond motifs is 4. The molecule has 32 heavy (non-hydrogen) atoms. The summed E-state index contributed by atoms with van der Waals surface area (Å²) in [6.45, 7) is 6.36. The van der Waals surface area contributed by atoms with Crippen LogP contribution in [0.15, 0.2) is 53.6 Å². The second-order valence-electron chi connectivity index (χ2n) is 8.68. The van der Waals surface area contributed by atoms with Crippen molar-refractivity contribution in [3.63, 3.8) is 0 Å². The highest BCUT2D eigenvalue weighted by molar-refractivity contribution is 5.98. The summed E-state index contributed by atoms with van der Waals surface area (Å²) < 4.78 is 5.64. The number of carbonyl (C=O) groups excluding carboxylic acids is 2. The Morgan fingerprint density at radius 2 is 1.91 bits per heavy atom. The Balaban J connectivity index is 1.50. The summed E-state index contributed by atoms with van der Waals surface area (Å²) in [5, 5.41) is 6.79. The highest BCUT2D eigenvalue weighted by Crippen LogP contribution is 2.42. The van der Waals surface area contributed by atoms with Crippen LogP contribution in [0.4, 0.5) is 0 Å². The van der Waals surface area contributed by atoms with Crippen LogP contribution in [-0.2, 0) is 21.5 Å². The number of hydrogen-bond donors (Lipinski definition) is 1. The van der Waals surface area contributed by atoms with Crippen LogP contribution in [0.3, 0.4) is 0 Å². The predicted molar refractivity (Wildman–Crippen MR) is 123 cm³/mol. The van der Waals surface area contributed by atoms with Crippen LogP contribution in [0.2, 0.25) is 0 Å². The van der Waals surface area contributed by atoms with E-state index in [0.29, 0.717) is 18.8 Å². The van der Waals surface area contributed by atoms with E-state index in [1.54, 1.807) is 11.1 Å². The minimum Gasteiger partial charge on any atom is -0.493 e. The molecule has 1 fully saturated rings. The number of rotatable bonds is 4. The average Bonchev–Trinajstić information content (AvgIpc) is 3.16. The molecule has 2 aliphatic rings. The first-order valence-electron chi connectivity index (χ1n) is 10.9. The van der Waals surface area contributed by atoms with Gasteiger partial charge in [0.15, 0.2) is 0 Å². The van der Waals surface area contributed by atoms with Crippen LogP contribution in [0.25, 0.3) is 10.9 Å². The third kappa shape index (κ3) is 3.07. The molecular formula is C25H26N4O3. The number of carbonyl (C=O) groups is 2. The van der Waals surface area contributed by atoms with Gasteiger partial charge in [-0.2, -0.15) is 5.10 Å². The van der Waals surface area contributed by atoms with Crippen molar-refractivity contribution in [2.45, 2.75) is 38.8 Å². The maximum absolute atomic E-state index is 13.5. The van der Waals surface area contributed by atoms with Gasteiger partial charge in [0.1, 0.15) is 18.3 Å². The first-order chi connectivity index (χ1) is 15.4. The molecule has 5 rings (SSSR count). The van der Waals surface area contributed by atoms with E-state index in [4.69, 9.17) is 4.74 Å². The van der Waals surface area contributed by atoms with Gasteiger partial charge in [0, 0.05) is 28.6 Å². The summed E-state index contributed by atoms with van der Waals surface area (Å²) in [5.74, 6) is 0.413. The van der Waals surface area contributed by atoms with Gasteiger partial charge in [0.25, 0.3) is 5.91 Å². The Kier molecular flexibility index (Phi) is 4.77. The van der Waals surface area contributed by atoms with Gasteiger partial charge in [-0.25, -0.2) is 5.01 Å². The molecule has 3 heterocycles. The van der Waals surface area contributed by atoms with Crippen molar-refractivity contribution in [2.24, 2.45) is 5.10 Å². The number of nitrogens with zero attached hydrogens (tertiary/aromatic N) is 3. The molecule has 0 saturated carbocycles. The number of para-hydroxylation sites is 2. The monoisotopic (exact) mass is 430 g/mol. The lowest BCUT2D eigenvalue weighted by Crippen LogP contribution is -2.66. The minimum atomic E-state index is -0.624. The first-order valence-corrected chi connectivity index (χ1v) is 10.9. The van der Waals surface area contributed by atoms with E-state index in [0.717, 1.165) is 27.7 Å². The topological polar surface area (TPSA) is 78.0 Å². The highest BCUT2D eigenvalue weighted by Gasteiger charge is 2.51. The Morgan fingerprint density at radius 1 is 1.16 bits per heavy atom. The van der Waals surface area contributed by atoms with Crippen molar-refractivity contribution in [1.29, 1.82) is 0 Å². The van der Waals surface area contributed by atoms with E-state index < -0.39 is 11.6 Å². The standard InChI is InChI=1S/C25H26N4O3/c1-4-32-21-12-8-5-9-16(21)14-26-28-15-22(30)29-20(24(28)31)13-18-17-10-6-7-11-19(17)27-23(18)25(29,2)3/h5-12,14,20,27H,4,13,15H2,1-3H3/b26-14+/t20-/m0/s1. The lowest BCUT2D eigenvalue weighted by molar-refractivity contribution is -0.163. The van der Waals surface area contributed by atoms with Gasteiger partial charge in [0.05, 0.1) is 18.4 Å². The Hall–Kier alpha value is -3.61. The third-order valence-electron chi connectivity index (χ3n) is 6.39. The molecule has 0 radical (unpaired) electrons. The van der Waals surface area contributed by atoms with Crippen LogP contribution in [0.1, 0.15) is 37.6 Å². The van der Waals surface area contributed by atoms with Crippen LogP contribution in [-0.4, -0.2) is 52.1 Å². The molecule has 7 heteroatoms. The van der Waals surface area contributed by atoms with Gasteiger partial charge < -0.3 is 14.6 Å². The fourth-order valence-corrected chi connectivity index (χ4v) is 4.97. The van der Waals surface area contributed by atoms with Crippen molar-refractivity contribution in [1.82, 2.24) is 14.9 Å². The molecule has 164 valence electrons. The number of aromatic amines is 1. The number of nitrogens with one attached hydrogen (secondary N) is 1. The number of amides is 2. The summed E-state index contributed by atoms with van der Waals surface area (Å²) in [5.41, 5.74) is 3.26. The molecule has 2 aromatic carbocycles. The molecule has 0 spiro atoms. The number of ether oxygens (including phenoxy) is 1. The second-order valence-corrected chi connectivity index (χ2v) is 8.68. The summed E-state index contributed by atoms with van der Waals surface area (Å²) in [4.78, 5) is 31.9. The van der Waals surface area contributed by atoms with Gasteiger partial charge in [-0.05, 0) is 44.5 Å². The molecule has 2 amide bonds. The number of H-pyrrole nitrogens is 1. The molecule has 1 saturated heterocycles. The number of benzene rings is 2. The quantitative estimate of drug-likeness (QED) is 0.644. The van der Waals surface area contributed by atoms with Crippen LogP contribution >= 0.6 is 0 Å². The van der Waals surface area contributed by atoms with Gasteiger partial charge in [-0.1, -0.05) is 30.3 Å². The first kappa shape index (κ1) is 20.3. The predicted octanol–water partition coefficient (Wildman–Crippen LogP) is 3.43. The van der Waals surface area contributed by atoms with E-state index in [2.05, 4.69) is 16.2 Å². The number of hydrazone groups is 1. The van der Waals surface area contributed by atoms with Gasteiger partial charge >= 0.3 is 0 Å². The fraction of sp³-hybridized carbons (Fsp3) is 0.320. The summed E-state index contributed by atoms with van der Waals surface area (Å²) in [7, 11) is 0.